The van der Waals surface area contributed by atoms with Crippen LogP contribution < -0.4 is 5.73 Å². The molecular weight excluding hydrogens is 298 g/mol. The van der Waals surface area contributed by atoms with Crippen molar-refractivity contribution < 1.29 is 9.53 Å². The molecule has 0 aromatic heterocycles. The molecule has 2 N–H and O–H groups in total. The molecular formula is C21H39NO2. The summed E-state index contributed by atoms with van der Waals surface area (Å²) >= 11 is 0. The Kier molecular flexibility index (Phi) is 5.92. The van der Waals surface area contributed by atoms with Gasteiger partial charge in [0.05, 0.1) is 0 Å². The van der Waals surface area contributed by atoms with Gasteiger partial charge in [-0.2, -0.15) is 0 Å². The molecule has 140 valence electrons. The summed E-state index contributed by atoms with van der Waals surface area (Å²) in [7, 11) is 0. The van der Waals surface area contributed by atoms with E-state index < -0.39 is 6.09 Å². The van der Waals surface area contributed by atoms with Gasteiger partial charge in [0.25, 0.3) is 0 Å². The second kappa shape index (κ2) is 7.25. The van der Waals surface area contributed by atoms with Crippen molar-refractivity contribution in [2.75, 3.05) is 0 Å². The monoisotopic (exact) mass is 337 g/mol. The van der Waals surface area contributed by atoms with Crippen LogP contribution in [0.1, 0.15) is 86.5 Å². The Morgan fingerprint density at radius 2 is 1.96 bits per heavy atom. The summed E-state index contributed by atoms with van der Waals surface area (Å²) in [6, 6.07) is 0. The predicted molar refractivity (Wildman–Crippen MR) is 99.6 cm³/mol. The third-order valence-corrected chi connectivity index (χ3v) is 7.53. The maximum absolute atomic E-state index is 11.5. The SMILES string of the molecule is CC[C@@H](C)CC[C@H]1[C@@H](C)C[C@@H](OC(N)=O)[C@H]2C(C)(C)CCC[C@]12C. The Balaban J connectivity index is 2.30. The number of hydrogen-bond donors (Lipinski definition) is 1. The first-order valence-electron chi connectivity index (χ1n) is 10.1. The van der Waals surface area contributed by atoms with E-state index in [0.717, 1.165) is 18.3 Å². The third kappa shape index (κ3) is 3.75. The van der Waals surface area contributed by atoms with E-state index >= 15 is 0 Å². The number of amides is 1. The highest BCUT2D eigenvalue weighted by atomic mass is 16.6. The largest absolute Gasteiger partial charge is 0.446 e. The molecule has 0 aromatic rings. The molecule has 0 aliphatic heterocycles. The normalized spacial score (nSPS) is 39.8. The summed E-state index contributed by atoms with van der Waals surface area (Å²) in [6.45, 7) is 14.2. The van der Waals surface area contributed by atoms with Gasteiger partial charge in [-0.3, -0.25) is 0 Å². The molecule has 24 heavy (non-hydrogen) atoms. The van der Waals surface area contributed by atoms with Gasteiger partial charge < -0.3 is 10.5 Å². The van der Waals surface area contributed by atoms with Crippen LogP contribution in [-0.2, 0) is 4.74 Å². The van der Waals surface area contributed by atoms with Crippen molar-refractivity contribution in [3.05, 3.63) is 0 Å². The van der Waals surface area contributed by atoms with E-state index in [-0.39, 0.29) is 16.9 Å². The number of primary amides is 1. The van der Waals surface area contributed by atoms with Crippen LogP contribution in [-0.4, -0.2) is 12.2 Å². The summed E-state index contributed by atoms with van der Waals surface area (Å²) in [5, 5.41) is 0. The van der Waals surface area contributed by atoms with Crippen LogP contribution in [0.15, 0.2) is 0 Å². The van der Waals surface area contributed by atoms with Gasteiger partial charge in [0.15, 0.2) is 0 Å². The Morgan fingerprint density at radius 3 is 2.54 bits per heavy atom. The minimum atomic E-state index is -0.603. The average molecular weight is 338 g/mol. The highest BCUT2D eigenvalue weighted by molar-refractivity contribution is 5.64. The lowest BCUT2D eigenvalue weighted by molar-refractivity contribution is -0.159. The van der Waals surface area contributed by atoms with Crippen molar-refractivity contribution in [3.8, 4) is 0 Å². The second-order valence-electron chi connectivity index (χ2n) is 9.71. The zero-order valence-corrected chi connectivity index (χ0v) is 16.7. The maximum atomic E-state index is 11.5. The summed E-state index contributed by atoms with van der Waals surface area (Å²) in [4.78, 5) is 11.5. The smallest absolute Gasteiger partial charge is 0.404 e. The standard InChI is InChI=1S/C21H39NO2/c1-7-14(2)9-10-16-15(3)13-17(24-19(22)23)18-20(4,5)11-8-12-21(16,18)6/h14-18H,7-13H2,1-6H3,(H2,22,23)/t14-,15+,16+,17-,18+,21-/m1/s1. The van der Waals surface area contributed by atoms with Gasteiger partial charge in [-0.1, -0.05) is 60.8 Å². The van der Waals surface area contributed by atoms with Gasteiger partial charge in [0, 0.05) is 5.92 Å². The molecule has 2 saturated carbocycles. The van der Waals surface area contributed by atoms with E-state index in [4.69, 9.17) is 10.5 Å². The van der Waals surface area contributed by atoms with Gasteiger partial charge >= 0.3 is 6.09 Å². The molecule has 0 radical (unpaired) electrons. The lowest BCUT2D eigenvalue weighted by Crippen LogP contribution is -2.58. The topological polar surface area (TPSA) is 52.3 Å². The quantitative estimate of drug-likeness (QED) is 0.693. The first-order valence-corrected chi connectivity index (χ1v) is 10.1. The maximum Gasteiger partial charge on any atom is 0.404 e. The molecule has 3 nitrogen and oxygen atoms in total. The Labute approximate surface area is 149 Å². The fraction of sp³-hybridized carbons (Fsp3) is 0.952. The van der Waals surface area contributed by atoms with E-state index in [0.29, 0.717) is 11.8 Å². The highest BCUT2D eigenvalue weighted by Crippen LogP contribution is 2.62. The number of carbonyl (C=O) groups excluding carboxylic acids is 1. The van der Waals surface area contributed by atoms with Crippen LogP contribution in [0.3, 0.4) is 0 Å². The zero-order valence-electron chi connectivity index (χ0n) is 16.7. The molecule has 0 bridgehead atoms. The van der Waals surface area contributed by atoms with Gasteiger partial charge in [-0.05, 0) is 54.3 Å². The van der Waals surface area contributed by atoms with Gasteiger partial charge in [-0.15, -0.1) is 0 Å². The molecule has 3 heteroatoms. The van der Waals surface area contributed by atoms with Crippen LogP contribution in [0.4, 0.5) is 4.79 Å². The van der Waals surface area contributed by atoms with Crippen molar-refractivity contribution in [1.29, 1.82) is 0 Å². The number of ether oxygens (including phenoxy) is 1. The molecule has 0 aromatic carbocycles. The van der Waals surface area contributed by atoms with Crippen LogP contribution in [0.25, 0.3) is 0 Å². The fourth-order valence-corrected chi connectivity index (χ4v) is 6.34. The zero-order chi connectivity index (χ0) is 18.1. The van der Waals surface area contributed by atoms with E-state index in [1.165, 1.54) is 38.5 Å². The molecule has 6 atom stereocenters. The van der Waals surface area contributed by atoms with Crippen LogP contribution in [0.5, 0.6) is 0 Å². The average Bonchev–Trinajstić information content (AvgIpc) is 2.44. The van der Waals surface area contributed by atoms with E-state index in [1.807, 2.05) is 0 Å². The van der Waals surface area contributed by atoms with E-state index in [2.05, 4.69) is 41.5 Å². The van der Waals surface area contributed by atoms with Crippen LogP contribution >= 0.6 is 0 Å². The number of fused-ring (bicyclic) bond motifs is 1. The van der Waals surface area contributed by atoms with Crippen LogP contribution in [0, 0.1) is 34.5 Å². The second-order valence-corrected chi connectivity index (χ2v) is 9.71. The fourth-order valence-electron chi connectivity index (χ4n) is 6.34. The van der Waals surface area contributed by atoms with E-state index in [9.17, 15) is 4.79 Å². The summed E-state index contributed by atoms with van der Waals surface area (Å²) < 4.78 is 5.67. The first-order chi connectivity index (χ1) is 11.1. The number of nitrogens with two attached hydrogens (primary N) is 1. The van der Waals surface area contributed by atoms with Crippen molar-refractivity contribution in [3.63, 3.8) is 0 Å². The Bertz CT molecular complexity index is 447. The molecule has 2 aliphatic carbocycles. The number of rotatable bonds is 5. The molecule has 2 rings (SSSR count). The third-order valence-electron chi connectivity index (χ3n) is 7.53. The minimum absolute atomic E-state index is 0.0161. The summed E-state index contributed by atoms with van der Waals surface area (Å²) in [5.74, 6) is 2.54. The lowest BCUT2D eigenvalue weighted by atomic mass is 9.45. The molecule has 0 unspecified atom stereocenters. The Morgan fingerprint density at radius 1 is 1.29 bits per heavy atom. The lowest BCUT2D eigenvalue weighted by Gasteiger charge is -2.61. The summed E-state index contributed by atoms with van der Waals surface area (Å²) in [5.41, 5.74) is 5.88. The molecule has 1 amide bonds. The predicted octanol–water partition coefficient (Wildman–Crippen LogP) is 5.77. The van der Waals surface area contributed by atoms with Crippen LogP contribution in [0.2, 0.25) is 0 Å². The van der Waals surface area contributed by atoms with Crippen molar-refractivity contribution >= 4 is 6.09 Å². The number of hydrogen-bond acceptors (Lipinski definition) is 2. The molecule has 2 fully saturated rings. The molecule has 2 aliphatic rings. The Hall–Kier alpha value is -0.730. The van der Waals surface area contributed by atoms with Gasteiger partial charge in [0.1, 0.15) is 6.10 Å². The van der Waals surface area contributed by atoms with Gasteiger partial charge in [-0.25, -0.2) is 4.79 Å². The first kappa shape index (κ1) is 19.6. The number of carbonyl (C=O) groups is 1. The highest BCUT2D eigenvalue weighted by Gasteiger charge is 2.58. The van der Waals surface area contributed by atoms with Gasteiger partial charge in [0.2, 0.25) is 0 Å². The van der Waals surface area contributed by atoms with Crippen molar-refractivity contribution in [2.45, 2.75) is 92.6 Å². The molecule has 0 spiro atoms. The summed E-state index contributed by atoms with van der Waals surface area (Å²) in [6.07, 6.45) is 8.01. The molecule has 0 heterocycles. The van der Waals surface area contributed by atoms with Crippen molar-refractivity contribution in [1.82, 2.24) is 0 Å². The minimum Gasteiger partial charge on any atom is -0.446 e. The van der Waals surface area contributed by atoms with Crippen molar-refractivity contribution in [2.24, 2.45) is 40.2 Å². The molecule has 0 saturated heterocycles. The van der Waals surface area contributed by atoms with E-state index in [1.54, 1.807) is 0 Å².